The van der Waals surface area contributed by atoms with Crippen LogP contribution in [-0.2, 0) is 28.5 Å². The molecule has 0 unspecified atom stereocenters. The summed E-state index contributed by atoms with van der Waals surface area (Å²) in [6.45, 7) is 5.70. The van der Waals surface area contributed by atoms with Gasteiger partial charge in [-0.3, -0.25) is 10.6 Å². The van der Waals surface area contributed by atoms with Gasteiger partial charge in [-0.25, -0.2) is 9.59 Å². The predicted molar refractivity (Wildman–Crippen MR) is 187 cm³/mol. The van der Waals surface area contributed by atoms with Crippen molar-refractivity contribution in [1.82, 2.24) is 10.6 Å². The minimum absolute atomic E-state index is 0.0272. The van der Waals surface area contributed by atoms with E-state index < -0.39 is 23.4 Å². The maximum atomic E-state index is 13.4. The average Bonchev–Trinajstić information content (AvgIpc) is 3.58. The molecule has 0 saturated carbocycles. The van der Waals surface area contributed by atoms with Gasteiger partial charge in [-0.05, 0) is 86.8 Å². The van der Waals surface area contributed by atoms with Crippen LogP contribution in [0.5, 0.6) is 0 Å². The number of carbonyl (C=O) groups excluding carboxylic acids is 2. The molecule has 0 radical (unpaired) electrons. The van der Waals surface area contributed by atoms with Crippen LogP contribution in [0.1, 0.15) is 75.3 Å². The Bertz CT molecular complexity index is 1430. The van der Waals surface area contributed by atoms with E-state index in [0.717, 1.165) is 49.0 Å². The largest absolute Gasteiger partial charge is 0.440 e. The molecule has 4 aliphatic heterocycles. The third-order valence-corrected chi connectivity index (χ3v) is 12.0. The van der Waals surface area contributed by atoms with Crippen molar-refractivity contribution in [2.24, 2.45) is 11.8 Å². The molecule has 0 aliphatic carbocycles. The summed E-state index contributed by atoms with van der Waals surface area (Å²) in [7, 11) is 0. The van der Waals surface area contributed by atoms with Crippen molar-refractivity contribution in [3.63, 3.8) is 0 Å². The molecule has 8 atom stereocenters. The highest BCUT2D eigenvalue weighted by Gasteiger charge is 2.57. The van der Waals surface area contributed by atoms with Crippen molar-refractivity contribution in [1.29, 1.82) is 0 Å². The number of fused-ring (bicyclic) bond motifs is 4. The Balaban J connectivity index is 1.18. The van der Waals surface area contributed by atoms with Crippen LogP contribution in [0.25, 0.3) is 0 Å². The van der Waals surface area contributed by atoms with Crippen LogP contribution in [0.2, 0.25) is 20.1 Å². The smallest absolute Gasteiger partial charge is 0.332 e. The van der Waals surface area contributed by atoms with Gasteiger partial charge in [0.25, 0.3) is 0 Å². The maximum Gasteiger partial charge on any atom is 0.332 e. The fraction of sp³-hybridized carbons (Fsp3) is 0.556. The molecule has 8 nitrogen and oxygen atoms in total. The Labute approximate surface area is 302 Å². The zero-order valence-electron chi connectivity index (χ0n) is 27.1. The first-order valence-corrected chi connectivity index (χ1v) is 18.3. The van der Waals surface area contributed by atoms with E-state index in [2.05, 4.69) is 10.6 Å². The van der Waals surface area contributed by atoms with Crippen molar-refractivity contribution in [2.45, 2.75) is 87.7 Å². The van der Waals surface area contributed by atoms with E-state index in [9.17, 15) is 9.59 Å². The van der Waals surface area contributed by atoms with E-state index in [1.54, 1.807) is 12.1 Å². The molecular formula is C36H42Cl4N2O6. The molecule has 2 aromatic rings. The molecule has 2 N–H and O–H groups in total. The first kappa shape index (κ1) is 35.9. The number of esters is 2. The van der Waals surface area contributed by atoms with Gasteiger partial charge in [0.2, 0.25) is 0 Å². The Kier molecular flexibility index (Phi) is 11.3. The zero-order chi connectivity index (χ0) is 34.1. The Morgan fingerprint density at radius 1 is 0.708 bits per heavy atom. The molecule has 2 aromatic carbocycles. The highest BCUT2D eigenvalue weighted by molar-refractivity contribution is 6.42. The number of benzene rings is 2. The monoisotopic (exact) mass is 738 g/mol. The molecule has 0 spiro atoms. The molecule has 4 aliphatic rings. The summed E-state index contributed by atoms with van der Waals surface area (Å²) in [5.74, 6) is -1.57. The topological polar surface area (TPSA) is 95.1 Å². The van der Waals surface area contributed by atoms with E-state index in [1.165, 1.54) is 0 Å². The lowest BCUT2D eigenvalue weighted by Crippen LogP contribution is -2.59. The number of hydrogen-bond donors (Lipinski definition) is 2. The summed E-state index contributed by atoms with van der Waals surface area (Å²) >= 11 is 25.2. The van der Waals surface area contributed by atoms with Gasteiger partial charge in [0.05, 0.1) is 33.3 Å². The molecule has 0 aromatic heterocycles. The second-order valence-electron chi connectivity index (χ2n) is 13.3. The summed E-state index contributed by atoms with van der Waals surface area (Å²) in [5, 5.41) is 9.08. The van der Waals surface area contributed by atoms with E-state index in [-0.39, 0.29) is 35.8 Å². The van der Waals surface area contributed by atoms with Gasteiger partial charge in [-0.1, -0.05) is 58.5 Å². The minimum atomic E-state index is -0.960. The van der Waals surface area contributed by atoms with Gasteiger partial charge in [0.1, 0.15) is 0 Å². The Morgan fingerprint density at radius 3 is 1.50 bits per heavy atom. The average molecular weight is 741 g/mol. The fourth-order valence-electron chi connectivity index (χ4n) is 8.38. The molecule has 4 saturated heterocycles. The molecule has 12 heteroatoms. The van der Waals surface area contributed by atoms with Gasteiger partial charge in [-0.15, -0.1) is 0 Å². The second-order valence-corrected chi connectivity index (χ2v) is 14.9. The molecule has 6 rings (SSSR count). The van der Waals surface area contributed by atoms with Crippen LogP contribution in [0.3, 0.4) is 0 Å². The Hall–Kier alpha value is -1.88. The van der Waals surface area contributed by atoms with Gasteiger partial charge >= 0.3 is 11.9 Å². The Morgan fingerprint density at radius 2 is 1.12 bits per heavy atom. The van der Waals surface area contributed by atoms with Crippen molar-refractivity contribution in [3.8, 4) is 0 Å². The van der Waals surface area contributed by atoms with Crippen LogP contribution in [-0.4, -0.2) is 61.9 Å². The summed E-state index contributed by atoms with van der Waals surface area (Å²) in [6, 6.07) is 11.6. The molecular weight excluding hydrogens is 698 g/mol. The number of hydrogen-bond acceptors (Lipinski definition) is 8. The van der Waals surface area contributed by atoms with Crippen molar-refractivity contribution in [3.05, 3.63) is 79.8 Å². The highest BCUT2D eigenvalue weighted by atomic mass is 35.5. The number of piperidine rings is 2. The van der Waals surface area contributed by atoms with Gasteiger partial charge in [0, 0.05) is 62.1 Å². The summed E-state index contributed by atoms with van der Waals surface area (Å²) in [5.41, 5.74) is 0.130. The van der Waals surface area contributed by atoms with Crippen LogP contribution in [0.15, 0.2) is 48.6 Å². The molecule has 4 bridgehead atoms. The molecule has 0 amide bonds. The highest BCUT2D eigenvalue weighted by Crippen LogP contribution is 2.51. The van der Waals surface area contributed by atoms with E-state index in [0.29, 0.717) is 59.4 Å². The van der Waals surface area contributed by atoms with Gasteiger partial charge < -0.3 is 18.9 Å². The zero-order valence-corrected chi connectivity index (χ0v) is 30.1. The SMILES string of the molecule is CCOC[C@@H]1[C@H](c2ccc(Cl)c(Cl)c2)C[C@H]2CC[C@@]1(OC(=O)/C=C/C(=O)O[C@@]13CC[C@H](C[C@@H](c4ccc(Cl)c(Cl)c4)[C@H]1COCC)N3)N2. The van der Waals surface area contributed by atoms with Crippen LogP contribution >= 0.6 is 46.4 Å². The number of carbonyl (C=O) groups is 2. The quantitative estimate of drug-likeness (QED) is 0.168. The maximum absolute atomic E-state index is 13.4. The van der Waals surface area contributed by atoms with Crippen molar-refractivity contribution in [2.75, 3.05) is 26.4 Å². The van der Waals surface area contributed by atoms with Crippen LogP contribution in [0, 0.1) is 11.8 Å². The van der Waals surface area contributed by atoms with Crippen molar-refractivity contribution >= 4 is 58.3 Å². The summed E-state index contributed by atoms with van der Waals surface area (Å²) in [6.07, 6.45) is 6.95. The fourth-order valence-corrected chi connectivity index (χ4v) is 8.99. The molecule has 4 fully saturated rings. The van der Waals surface area contributed by atoms with Crippen molar-refractivity contribution < 1.29 is 28.5 Å². The number of ether oxygens (including phenoxy) is 4. The van der Waals surface area contributed by atoms with Crippen LogP contribution < -0.4 is 10.6 Å². The standard InChI is InChI=1S/C36H42Cl4N2O6/c1-3-45-19-27-25(21-5-7-29(37)31(39)15-21)17-23-11-13-35(27,41-23)47-33(43)9-10-34(44)48-36-14-12-24(42-36)18-26(28(36)20-46-4-2)22-6-8-30(38)32(40)16-22/h5-10,15-16,23-28,41-42H,3-4,11-14,17-20H2,1-2H3/b10-9+/t23-,24-,25+,26+,27-,28-,35+,36+/m1/s1. The predicted octanol–water partition coefficient (Wildman–Crippen LogP) is 7.82. The summed E-state index contributed by atoms with van der Waals surface area (Å²) in [4.78, 5) is 26.8. The number of halogens is 4. The van der Waals surface area contributed by atoms with Crippen LogP contribution in [0.4, 0.5) is 0 Å². The minimum Gasteiger partial charge on any atom is -0.440 e. The number of nitrogens with one attached hydrogen (secondary N) is 2. The van der Waals surface area contributed by atoms with Gasteiger partial charge in [-0.2, -0.15) is 0 Å². The third-order valence-electron chi connectivity index (χ3n) is 10.5. The first-order chi connectivity index (χ1) is 23.1. The molecule has 260 valence electrons. The molecule has 48 heavy (non-hydrogen) atoms. The second kappa shape index (κ2) is 15.2. The molecule has 4 heterocycles. The lowest BCUT2D eigenvalue weighted by atomic mass is 9.75. The lowest BCUT2D eigenvalue weighted by Gasteiger charge is -2.46. The van der Waals surface area contributed by atoms with Gasteiger partial charge in [0.15, 0.2) is 11.4 Å². The van der Waals surface area contributed by atoms with E-state index in [1.807, 2.05) is 38.1 Å². The van der Waals surface area contributed by atoms with E-state index in [4.69, 9.17) is 65.4 Å². The number of rotatable bonds is 12. The summed E-state index contributed by atoms with van der Waals surface area (Å²) < 4.78 is 24.3. The normalized spacial score (nSPS) is 32.5. The first-order valence-electron chi connectivity index (χ1n) is 16.8. The van der Waals surface area contributed by atoms with E-state index >= 15 is 0 Å². The third kappa shape index (κ3) is 7.42. The lowest BCUT2D eigenvalue weighted by molar-refractivity contribution is -0.175.